The molecule has 4 rings (SSSR count). The maximum absolute atomic E-state index is 14.8. The first-order valence-corrected chi connectivity index (χ1v) is 42.2. The summed E-state index contributed by atoms with van der Waals surface area (Å²) in [5.41, 5.74) is 6.11. The first-order valence-electron chi connectivity index (χ1n) is 38.8. The number of ether oxygens (including phenoxy) is 2. The number of carboxylic acid groups (broad SMARTS) is 5. The molecule has 1 unspecified atom stereocenters. The van der Waals surface area contributed by atoms with E-state index in [0.717, 1.165) is 30.7 Å². The highest BCUT2D eigenvalue weighted by Crippen LogP contribution is 2.30. The Morgan fingerprint density at radius 3 is 1.87 bits per heavy atom. The third-order valence-corrected chi connectivity index (χ3v) is 22.2. The van der Waals surface area contributed by atoms with Crippen LogP contribution in [0.5, 0.6) is 5.75 Å². The number of carboxylic acids is 5. The fourth-order valence-corrected chi connectivity index (χ4v) is 14.7. The van der Waals surface area contributed by atoms with E-state index in [-0.39, 0.29) is 143 Å². The van der Waals surface area contributed by atoms with Crippen LogP contribution in [-0.4, -0.2) is 246 Å². The van der Waals surface area contributed by atoms with E-state index in [0.29, 0.717) is 36.0 Å². The number of carbonyl (C=O) groups excluding carboxylic acids is 11. The van der Waals surface area contributed by atoms with Gasteiger partial charge in [-0.05, 0) is 118 Å². The van der Waals surface area contributed by atoms with Crippen LogP contribution in [-0.2, 0) is 86.4 Å². The fourth-order valence-electron chi connectivity index (χ4n) is 12.2. The van der Waals surface area contributed by atoms with Crippen molar-refractivity contribution in [2.75, 3.05) is 51.5 Å². The van der Waals surface area contributed by atoms with E-state index in [1.165, 1.54) is 56.1 Å². The molecule has 0 bridgehead atoms. The highest BCUT2D eigenvalue weighted by atomic mass is 33.1. The van der Waals surface area contributed by atoms with E-state index >= 15 is 0 Å². The summed E-state index contributed by atoms with van der Waals surface area (Å²) in [6.45, 7) is 11.1. The highest BCUT2D eigenvalue weighted by Gasteiger charge is 2.40. The van der Waals surface area contributed by atoms with Gasteiger partial charge in [-0.1, -0.05) is 112 Å². The maximum atomic E-state index is 14.8. The zero-order chi connectivity index (χ0) is 87.6. The van der Waals surface area contributed by atoms with Crippen molar-refractivity contribution in [2.24, 2.45) is 17.8 Å². The number of rotatable bonds is 53. The minimum atomic E-state index is -1.75. The number of carbonyl (C=O) groups is 16. The van der Waals surface area contributed by atoms with Crippen LogP contribution < -0.4 is 58.7 Å². The largest absolute Gasteiger partial charge is 0.508 e. The second-order valence-corrected chi connectivity index (χ2v) is 32.3. The van der Waals surface area contributed by atoms with Crippen molar-refractivity contribution in [2.45, 2.75) is 218 Å². The van der Waals surface area contributed by atoms with Gasteiger partial charge in [0.25, 0.3) is 5.91 Å². The van der Waals surface area contributed by atoms with Crippen LogP contribution in [0.1, 0.15) is 183 Å². The molecule has 1 aromatic heterocycles. The number of likely N-dealkylation sites (tertiary alicyclic amines) is 1. The van der Waals surface area contributed by atoms with Crippen LogP contribution in [0.25, 0.3) is 0 Å². The molecule has 0 aliphatic carbocycles. The Bertz CT molecular complexity index is 3840. The van der Waals surface area contributed by atoms with Crippen molar-refractivity contribution < 1.29 is 122 Å². The second kappa shape index (κ2) is 53.0. The molecule has 12 amide bonds. The molecule has 11 atom stereocenters. The summed E-state index contributed by atoms with van der Waals surface area (Å²) >= 11 is 1.01. The van der Waals surface area contributed by atoms with E-state index in [9.17, 15) is 107 Å². The summed E-state index contributed by atoms with van der Waals surface area (Å²) < 4.78 is 10.8. The molecule has 2 heterocycles. The molecule has 42 heteroatoms. The molecule has 1 aliphatic heterocycles. The van der Waals surface area contributed by atoms with Crippen molar-refractivity contribution in [1.82, 2.24) is 73.5 Å². The van der Waals surface area contributed by atoms with Gasteiger partial charge in [0, 0.05) is 73.8 Å². The molecule has 1 aliphatic rings. The smallest absolute Gasteiger partial charge is 0.426 e. The average Bonchev–Trinajstić information content (AvgIpc) is 1.43. The molecular weight excluding hydrogens is 1610 g/mol. The first kappa shape index (κ1) is 99.8. The van der Waals surface area contributed by atoms with Gasteiger partial charge in [0.15, 0.2) is 6.73 Å². The number of nitrogens with one attached hydrogen (secondary N) is 11. The number of aliphatic carboxylic acids is 5. The van der Waals surface area contributed by atoms with Crippen molar-refractivity contribution in [3.05, 3.63) is 81.3 Å². The van der Waals surface area contributed by atoms with Crippen molar-refractivity contribution in [3.63, 3.8) is 0 Å². The molecular formula is C76H112N14O25S3. The Labute approximate surface area is 694 Å². The Balaban J connectivity index is 1.21. The topological polar surface area (TPSA) is 585 Å². The molecule has 0 spiro atoms. The summed E-state index contributed by atoms with van der Waals surface area (Å²) in [5.74, 6) is -13.5. The first-order chi connectivity index (χ1) is 56.0. The summed E-state index contributed by atoms with van der Waals surface area (Å²) in [6, 6.07) is 1.56. The van der Waals surface area contributed by atoms with Crippen molar-refractivity contribution in [3.8, 4) is 5.75 Å². The normalized spacial score (nSPS) is 15.1. The number of phenols is 1. The monoisotopic (exact) mass is 1720 g/mol. The predicted molar refractivity (Wildman–Crippen MR) is 431 cm³/mol. The summed E-state index contributed by atoms with van der Waals surface area (Å²) in [5, 5.41) is 92.8. The van der Waals surface area contributed by atoms with E-state index < -0.39 is 169 Å². The van der Waals surface area contributed by atoms with E-state index in [2.05, 4.69) is 63.7 Å². The Morgan fingerprint density at radius 1 is 0.636 bits per heavy atom. The molecule has 2 aromatic carbocycles. The number of aliphatic hydroxyl groups is 1. The number of amides is 12. The van der Waals surface area contributed by atoms with Crippen LogP contribution in [0.2, 0.25) is 0 Å². The van der Waals surface area contributed by atoms with Crippen LogP contribution in [0.3, 0.4) is 0 Å². The van der Waals surface area contributed by atoms with Gasteiger partial charge in [-0.2, -0.15) is 0 Å². The van der Waals surface area contributed by atoms with E-state index in [1.54, 1.807) is 31.2 Å². The van der Waals surface area contributed by atoms with Crippen LogP contribution >= 0.6 is 32.9 Å². The molecule has 3 aromatic rings. The summed E-state index contributed by atoms with van der Waals surface area (Å²) in [7, 11) is 4.31. The lowest BCUT2D eigenvalue weighted by atomic mass is 9.92. The van der Waals surface area contributed by atoms with Crippen LogP contribution in [0.4, 0.5) is 14.4 Å². The molecule has 654 valence electrons. The number of phenolic OH excluding ortho intramolecular Hbond substituents is 1. The van der Waals surface area contributed by atoms with Gasteiger partial charge in [0.05, 0.1) is 25.3 Å². The predicted octanol–water partition coefficient (Wildman–Crippen LogP) is 3.66. The van der Waals surface area contributed by atoms with Gasteiger partial charge in [-0.15, -0.1) is 11.3 Å². The maximum Gasteiger partial charge on any atom is 0.426 e. The molecule has 0 saturated carbocycles. The quantitative estimate of drug-likeness (QED) is 0.0126. The van der Waals surface area contributed by atoms with E-state index in [4.69, 9.17) is 14.6 Å². The number of piperidine rings is 1. The number of aliphatic hydroxyl groups excluding tert-OH is 1. The van der Waals surface area contributed by atoms with Gasteiger partial charge < -0.3 is 98.0 Å². The number of likely N-dealkylation sites (N-methyl/N-ethyl adjacent to an activating group) is 1. The third-order valence-electron chi connectivity index (χ3n) is 18.9. The number of aromatic hydroxyl groups is 1. The standard InChI is InChI=1S/C76H112N14O25S3/c1-8-15-63(100)115-42-90(71(106)64(44(5)9-2)86-69(105)56-18-11-13-30-89(56)7)57(43(3)4)39-58(92)70-83-55(41-116-70)68(104)80-49(35-46-24-26-50(91)27-25-46)34-45(6)65(101)87-88-76(113)114-31-33-118-117-32-29-77-66(102)53(37-61(96)97)82-67(103)54(38-62(98)99)81-59(93)36-47-20-22-48(23-21-47)40-79-74(111)78-28-12-10-16-51(72(107)108)84-75(112)85-52(73(109)110)17-14-19-60(94)95/h20-27,41,43-45,49,51-54,56-58,64,91-92H,8-19,28-40,42H2,1-7H3,(H,77,102)(H,80,104)(H,81,93)(H,82,103)(H,86,105)(H,87,101)(H,88,113)(H,94,95)(H,96,97)(H,98,99)(H,107,108)(H,109,110)(H2,78,79,111)(H2,84,85,112)/t44?,45-,49+,51+,52-,53-,54-,56+,57+,58+,64-/m0/s1. The fraction of sp³-hybridized carbons (Fsp3) is 0.592. The SMILES string of the molecule is CCCC(=O)OCN(C(=O)[C@@H](NC(=O)[C@H]1CCCCN1C)C(C)CC)[C@H](C[C@@H](O)c1nc(C(=O)N[C@@H](Cc2ccc(O)cc2)C[C@H](C)C(=O)NNC(=O)OCCSSCCNC(=O)[C@H](CC(=O)O)NC(=O)[C@H](CC(=O)O)NC(=O)Cc2ccc(CNC(=O)NCCCC[C@@H](NC(=O)N[C@@H](CCCC(=O)O)C(=O)O)C(=O)O)cc2)cs1)C(C)C. The minimum absolute atomic E-state index is 0.00369. The average molecular weight is 1720 g/mol. The van der Waals surface area contributed by atoms with Gasteiger partial charge >= 0.3 is 54.0 Å². The van der Waals surface area contributed by atoms with Gasteiger partial charge in [0.1, 0.15) is 59.4 Å². The molecule has 1 fully saturated rings. The third kappa shape index (κ3) is 37.8. The molecule has 18 N–H and O–H groups in total. The van der Waals surface area contributed by atoms with Crippen LogP contribution in [0.15, 0.2) is 53.9 Å². The Morgan fingerprint density at radius 2 is 1.26 bits per heavy atom. The number of benzene rings is 2. The Kier molecular flexibility index (Phi) is 44.8. The summed E-state index contributed by atoms with van der Waals surface area (Å²) in [4.78, 5) is 212. The van der Waals surface area contributed by atoms with E-state index in [1.807, 2.05) is 46.6 Å². The molecule has 118 heavy (non-hydrogen) atoms. The number of hydrazine groups is 1. The number of unbranched alkanes of at least 4 members (excludes halogenated alkanes) is 1. The lowest BCUT2D eigenvalue weighted by molar-refractivity contribution is -0.159. The molecule has 39 nitrogen and oxygen atoms in total. The second-order valence-electron chi connectivity index (χ2n) is 28.7. The zero-order valence-corrected chi connectivity index (χ0v) is 69.5. The molecule has 1 saturated heterocycles. The van der Waals surface area contributed by atoms with Gasteiger partial charge in [0.2, 0.25) is 35.4 Å². The lowest BCUT2D eigenvalue weighted by Crippen LogP contribution is -2.59. The summed E-state index contributed by atoms with van der Waals surface area (Å²) in [6.07, 6.45) is -1.000. The van der Waals surface area contributed by atoms with Crippen molar-refractivity contribution >= 4 is 128 Å². The number of aromatic nitrogens is 1. The van der Waals surface area contributed by atoms with Crippen LogP contribution in [0, 0.1) is 17.8 Å². The minimum Gasteiger partial charge on any atom is -0.508 e. The lowest BCUT2D eigenvalue weighted by Gasteiger charge is -2.39. The number of hydrogen-bond acceptors (Lipinski definition) is 25. The zero-order valence-electron chi connectivity index (χ0n) is 67.1. The van der Waals surface area contributed by atoms with Gasteiger partial charge in [-0.3, -0.25) is 63.1 Å². The number of nitrogens with zero attached hydrogens (tertiary/aromatic N) is 3. The number of esters is 1. The highest BCUT2D eigenvalue weighted by molar-refractivity contribution is 8.76. The number of thiazole rings is 1. The Hall–Kier alpha value is -10.6. The number of urea groups is 2. The van der Waals surface area contributed by atoms with Crippen molar-refractivity contribution in [1.29, 1.82) is 0 Å². The van der Waals surface area contributed by atoms with Gasteiger partial charge in [-0.25, -0.2) is 34.4 Å². The molecule has 0 radical (unpaired) electrons. The number of hydrogen-bond donors (Lipinski definition) is 18.